The van der Waals surface area contributed by atoms with Crippen LogP contribution < -0.4 is 5.73 Å². The van der Waals surface area contributed by atoms with Crippen LogP contribution in [0.15, 0.2) is 36.9 Å². The van der Waals surface area contributed by atoms with Gasteiger partial charge in [-0.25, -0.2) is 0 Å². The SMILES string of the molecule is C=C[C@H](N)c1ccc(O)cc1.Cl. The Hall–Kier alpha value is -0.990. The van der Waals surface area contributed by atoms with Gasteiger partial charge in [-0.2, -0.15) is 0 Å². The Balaban J connectivity index is 0.00000121. The summed E-state index contributed by atoms with van der Waals surface area (Å²) in [5.74, 6) is 0.255. The van der Waals surface area contributed by atoms with Crippen LogP contribution in [0.3, 0.4) is 0 Å². The summed E-state index contributed by atoms with van der Waals surface area (Å²) >= 11 is 0. The Morgan fingerprint density at radius 1 is 1.33 bits per heavy atom. The first kappa shape index (κ1) is 11.0. The maximum absolute atomic E-state index is 8.94. The zero-order valence-electron chi connectivity index (χ0n) is 6.60. The maximum atomic E-state index is 8.94. The lowest BCUT2D eigenvalue weighted by molar-refractivity contribution is 0.475. The molecule has 66 valence electrons. The van der Waals surface area contributed by atoms with E-state index in [1.807, 2.05) is 0 Å². The Bertz CT molecular complexity index is 245. The molecule has 0 fully saturated rings. The Morgan fingerprint density at radius 2 is 1.83 bits per heavy atom. The topological polar surface area (TPSA) is 46.2 Å². The Morgan fingerprint density at radius 3 is 2.25 bits per heavy atom. The van der Waals surface area contributed by atoms with Crippen molar-refractivity contribution in [3.8, 4) is 5.75 Å². The van der Waals surface area contributed by atoms with E-state index in [0.29, 0.717) is 0 Å². The van der Waals surface area contributed by atoms with Gasteiger partial charge < -0.3 is 10.8 Å². The first-order chi connectivity index (χ1) is 5.24. The first-order valence-electron chi connectivity index (χ1n) is 3.41. The van der Waals surface area contributed by atoms with Gasteiger partial charge in [-0.3, -0.25) is 0 Å². The summed E-state index contributed by atoms with van der Waals surface area (Å²) in [7, 11) is 0. The zero-order chi connectivity index (χ0) is 8.27. The molecule has 3 heteroatoms. The zero-order valence-corrected chi connectivity index (χ0v) is 7.42. The van der Waals surface area contributed by atoms with Gasteiger partial charge in [0.1, 0.15) is 5.75 Å². The standard InChI is InChI=1S/C9H11NO.ClH/c1-2-9(10)7-3-5-8(11)6-4-7;/h2-6,9,11H,1,10H2;1H/t9-;/m0./s1. The van der Waals surface area contributed by atoms with E-state index in [9.17, 15) is 0 Å². The van der Waals surface area contributed by atoms with Crippen molar-refractivity contribution in [3.05, 3.63) is 42.5 Å². The number of phenols is 1. The van der Waals surface area contributed by atoms with Crippen molar-refractivity contribution in [2.45, 2.75) is 6.04 Å². The molecule has 0 unspecified atom stereocenters. The average Bonchev–Trinajstić information content (AvgIpc) is 2.05. The maximum Gasteiger partial charge on any atom is 0.115 e. The van der Waals surface area contributed by atoms with E-state index in [0.717, 1.165) is 5.56 Å². The van der Waals surface area contributed by atoms with E-state index < -0.39 is 0 Å². The van der Waals surface area contributed by atoms with Gasteiger partial charge in [0.25, 0.3) is 0 Å². The molecule has 0 amide bonds. The molecule has 0 aliphatic heterocycles. The van der Waals surface area contributed by atoms with Crippen molar-refractivity contribution in [1.82, 2.24) is 0 Å². The minimum absolute atomic E-state index is 0. The smallest absolute Gasteiger partial charge is 0.115 e. The highest BCUT2D eigenvalue weighted by Crippen LogP contribution is 2.14. The molecule has 0 aliphatic rings. The monoisotopic (exact) mass is 185 g/mol. The van der Waals surface area contributed by atoms with E-state index in [4.69, 9.17) is 10.8 Å². The highest BCUT2D eigenvalue weighted by molar-refractivity contribution is 5.85. The minimum atomic E-state index is -0.143. The van der Waals surface area contributed by atoms with E-state index >= 15 is 0 Å². The fourth-order valence-corrected chi connectivity index (χ4v) is 0.833. The predicted octanol–water partition coefficient (Wildman–Crippen LogP) is 2.00. The molecule has 12 heavy (non-hydrogen) atoms. The summed E-state index contributed by atoms with van der Waals surface area (Å²) in [6.45, 7) is 3.57. The number of benzene rings is 1. The summed E-state index contributed by atoms with van der Waals surface area (Å²) in [5, 5.41) is 8.94. The predicted molar refractivity (Wildman–Crippen MR) is 52.5 cm³/mol. The summed E-state index contributed by atoms with van der Waals surface area (Å²) < 4.78 is 0. The van der Waals surface area contributed by atoms with Gasteiger partial charge in [0, 0.05) is 6.04 Å². The number of halogens is 1. The highest BCUT2D eigenvalue weighted by atomic mass is 35.5. The molecule has 1 atom stereocenters. The quantitative estimate of drug-likeness (QED) is 0.693. The fourth-order valence-electron chi connectivity index (χ4n) is 0.833. The highest BCUT2D eigenvalue weighted by Gasteiger charge is 1.98. The third-order valence-electron chi connectivity index (χ3n) is 1.53. The van der Waals surface area contributed by atoms with Gasteiger partial charge in [-0.15, -0.1) is 19.0 Å². The second-order valence-electron chi connectivity index (χ2n) is 2.35. The van der Waals surface area contributed by atoms with Crippen LogP contribution in [0, 0.1) is 0 Å². The summed E-state index contributed by atoms with van der Waals surface area (Å²) in [5.41, 5.74) is 6.60. The lowest BCUT2D eigenvalue weighted by Crippen LogP contribution is -2.05. The minimum Gasteiger partial charge on any atom is -0.508 e. The van der Waals surface area contributed by atoms with Crippen molar-refractivity contribution in [3.63, 3.8) is 0 Å². The normalized spacial score (nSPS) is 11.4. The third-order valence-corrected chi connectivity index (χ3v) is 1.53. The van der Waals surface area contributed by atoms with E-state index in [2.05, 4.69) is 6.58 Å². The first-order valence-corrected chi connectivity index (χ1v) is 3.41. The van der Waals surface area contributed by atoms with Gasteiger partial charge >= 0.3 is 0 Å². The van der Waals surface area contributed by atoms with Crippen LogP contribution in [-0.2, 0) is 0 Å². The molecule has 0 radical (unpaired) electrons. The largest absolute Gasteiger partial charge is 0.508 e. The van der Waals surface area contributed by atoms with Crippen LogP contribution in [0.2, 0.25) is 0 Å². The van der Waals surface area contributed by atoms with Gasteiger partial charge in [0.2, 0.25) is 0 Å². The number of rotatable bonds is 2. The molecular weight excluding hydrogens is 174 g/mol. The van der Waals surface area contributed by atoms with Crippen molar-refractivity contribution >= 4 is 12.4 Å². The molecule has 2 nitrogen and oxygen atoms in total. The molecule has 0 saturated heterocycles. The summed E-state index contributed by atoms with van der Waals surface area (Å²) in [6, 6.07) is 6.64. The molecule has 0 aliphatic carbocycles. The van der Waals surface area contributed by atoms with Crippen molar-refractivity contribution in [1.29, 1.82) is 0 Å². The second-order valence-corrected chi connectivity index (χ2v) is 2.35. The second kappa shape index (κ2) is 4.80. The molecule has 0 spiro atoms. The molecule has 0 aromatic heterocycles. The molecule has 0 heterocycles. The molecular formula is C9H12ClNO. The molecule has 1 aromatic rings. The summed E-state index contributed by atoms with van der Waals surface area (Å²) in [6.07, 6.45) is 1.66. The lowest BCUT2D eigenvalue weighted by Gasteiger charge is -2.04. The van der Waals surface area contributed by atoms with Crippen LogP contribution in [0.4, 0.5) is 0 Å². The van der Waals surface area contributed by atoms with Crippen LogP contribution in [0.5, 0.6) is 5.75 Å². The Labute approximate surface area is 78.1 Å². The number of hydrogen-bond donors (Lipinski definition) is 2. The number of aromatic hydroxyl groups is 1. The van der Waals surface area contributed by atoms with Crippen molar-refractivity contribution in [2.24, 2.45) is 5.73 Å². The molecule has 1 aromatic carbocycles. The number of hydrogen-bond acceptors (Lipinski definition) is 2. The lowest BCUT2D eigenvalue weighted by atomic mass is 10.1. The van der Waals surface area contributed by atoms with E-state index in [1.165, 1.54) is 0 Å². The molecule has 1 rings (SSSR count). The summed E-state index contributed by atoms with van der Waals surface area (Å²) in [4.78, 5) is 0. The van der Waals surface area contributed by atoms with Gasteiger partial charge in [0.05, 0.1) is 0 Å². The van der Waals surface area contributed by atoms with Crippen molar-refractivity contribution < 1.29 is 5.11 Å². The van der Waals surface area contributed by atoms with E-state index in [-0.39, 0.29) is 24.2 Å². The average molecular weight is 186 g/mol. The molecule has 0 saturated carbocycles. The fraction of sp³-hybridized carbons (Fsp3) is 0.111. The van der Waals surface area contributed by atoms with Crippen molar-refractivity contribution in [2.75, 3.05) is 0 Å². The van der Waals surface area contributed by atoms with E-state index in [1.54, 1.807) is 30.3 Å². The van der Waals surface area contributed by atoms with Gasteiger partial charge in [0.15, 0.2) is 0 Å². The van der Waals surface area contributed by atoms with Crippen LogP contribution in [0.25, 0.3) is 0 Å². The van der Waals surface area contributed by atoms with Gasteiger partial charge in [-0.05, 0) is 17.7 Å². The number of nitrogens with two attached hydrogens (primary N) is 1. The number of phenolic OH excluding ortho intramolecular Hbond substituents is 1. The molecule has 0 bridgehead atoms. The third kappa shape index (κ3) is 2.57. The van der Waals surface area contributed by atoms with Crippen LogP contribution in [0.1, 0.15) is 11.6 Å². The van der Waals surface area contributed by atoms with Gasteiger partial charge in [-0.1, -0.05) is 18.2 Å². The van der Waals surface area contributed by atoms with Crippen LogP contribution in [-0.4, -0.2) is 5.11 Å². The Kier molecular flexibility index (Phi) is 4.40. The van der Waals surface area contributed by atoms with Crippen LogP contribution >= 0.6 is 12.4 Å². The molecule has 3 N–H and O–H groups in total.